The second-order valence-corrected chi connectivity index (χ2v) is 8.56. The molecule has 5 rings (SSSR count). The highest BCUT2D eigenvalue weighted by molar-refractivity contribution is 5.81. The van der Waals surface area contributed by atoms with Gasteiger partial charge in [-0.15, -0.1) is 0 Å². The van der Waals surface area contributed by atoms with Gasteiger partial charge < -0.3 is 14.1 Å². The van der Waals surface area contributed by atoms with Crippen LogP contribution in [0.5, 0.6) is 5.75 Å². The van der Waals surface area contributed by atoms with Crippen LogP contribution >= 0.6 is 0 Å². The Morgan fingerprint density at radius 3 is 2.79 bits per heavy atom. The van der Waals surface area contributed by atoms with Crippen molar-refractivity contribution in [2.45, 2.75) is 31.7 Å². The van der Waals surface area contributed by atoms with Crippen LogP contribution in [0.2, 0.25) is 0 Å². The molecule has 174 valence electrons. The van der Waals surface area contributed by atoms with Gasteiger partial charge in [0.1, 0.15) is 18.1 Å². The van der Waals surface area contributed by atoms with Crippen molar-refractivity contribution in [1.82, 2.24) is 19.7 Å². The summed E-state index contributed by atoms with van der Waals surface area (Å²) in [6.45, 7) is 1.09. The van der Waals surface area contributed by atoms with Gasteiger partial charge in [0.2, 0.25) is 5.91 Å². The summed E-state index contributed by atoms with van der Waals surface area (Å²) in [5.41, 5.74) is 0.855. The largest absolute Gasteiger partial charge is 0.497 e. The topological polar surface area (TPSA) is 90.5 Å². The first-order valence-corrected chi connectivity index (χ1v) is 11.4. The maximum absolute atomic E-state index is 13.0. The fraction of sp³-hybridized carbons (Fsp3) is 0.308. The first-order chi connectivity index (χ1) is 16.6. The van der Waals surface area contributed by atoms with E-state index in [1.54, 1.807) is 30.5 Å². The van der Waals surface area contributed by atoms with Crippen LogP contribution in [0.25, 0.3) is 10.8 Å². The van der Waals surface area contributed by atoms with E-state index in [1.807, 2.05) is 42.5 Å². The summed E-state index contributed by atoms with van der Waals surface area (Å²) < 4.78 is 12.5. The summed E-state index contributed by atoms with van der Waals surface area (Å²) in [7, 11) is 1.65. The SMILES string of the molecule is COc1ccc(Cc2cnc([C@@H]3CCCN(C(=O)Cn4ncc5ccccc5c4=O)C3)o2)cc1. The summed E-state index contributed by atoms with van der Waals surface area (Å²) in [6.07, 6.45) is 5.79. The molecule has 0 N–H and O–H groups in total. The Bertz CT molecular complexity index is 1360. The molecule has 1 fully saturated rings. The number of hydrogen-bond acceptors (Lipinski definition) is 6. The molecular formula is C26H26N4O4. The van der Waals surface area contributed by atoms with Gasteiger partial charge in [-0.1, -0.05) is 30.3 Å². The molecule has 0 spiro atoms. The molecule has 2 aromatic heterocycles. The Morgan fingerprint density at radius 1 is 1.15 bits per heavy atom. The van der Waals surface area contributed by atoms with Gasteiger partial charge >= 0.3 is 0 Å². The summed E-state index contributed by atoms with van der Waals surface area (Å²) in [6, 6.07) is 15.1. The molecule has 2 aromatic carbocycles. The highest BCUT2D eigenvalue weighted by Gasteiger charge is 2.28. The molecule has 1 aliphatic rings. The minimum absolute atomic E-state index is 0.0311. The van der Waals surface area contributed by atoms with Gasteiger partial charge in [0.25, 0.3) is 5.56 Å². The number of fused-ring (bicyclic) bond motifs is 1. The molecule has 8 nitrogen and oxygen atoms in total. The predicted octanol–water partition coefficient (Wildman–Crippen LogP) is 3.39. The number of amides is 1. The van der Waals surface area contributed by atoms with Gasteiger partial charge in [0.15, 0.2) is 5.89 Å². The van der Waals surface area contributed by atoms with E-state index in [2.05, 4.69) is 10.1 Å². The van der Waals surface area contributed by atoms with Gasteiger partial charge in [-0.2, -0.15) is 5.10 Å². The Balaban J connectivity index is 1.24. The van der Waals surface area contributed by atoms with Gasteiger partial charge in [-0.3, -0.25) is 9.59 Å². The minimum atomic E-state index is -0.254. The average molecular weight is 459 g/mol. The molecule has 0 bridgehead atoms. The number of aromatic nitrogens is 3. The van der Waals surface area contributed by atoms with Crippen molar-refractivity contribution in [2.24, 2.45) is 0 Å². The maximum Gasteiger partial charge on any atom is 0.275 e. The van der Waals surface area contributed by atoms with Crippen molar-refractivity contribution in [3.63, 3.8) is 0 Å². The van der Waals surface area contributed by atoms with E-state index in [0.717, 1.165) is 35.3 Å². The summed E-state index contributed by atoms with van der Waals surface area (Å²) in [5, 5.41) is 5.52. The molecule has 0 saturated carbocycles. The number of carbonyl (C=O) groups is 1. The quantitative estimate of drug-likeness (QED) is 0.440. The minimum Gasteiger partial charge on any atom is -0.497 e. The summed E-state index contributed by atoms with van der Waals surface area (Å²) >= 11 is 0. The summed E-state index contributed by atoms with van der Waals surface area (Å²) in [5.74, 6) is 2.16. The van der Waals surface area contributed by atoms with Crippen LogP contribution in [0.3, 0.4) is 0 Å². The van der Waals surface area contributed by atoms with Crippen LogP contribution in [-0.2, 0) is 17.8 Å². The van der Waals surface area contributed by atoms with Crippen molar-refractivity contribution in [1.29, 1.82) is 0 Å². The van der Waals surface area contributed by atoms with E-state index in [-0.39, 0.29) is 23.9 Å². The third-order valence-corrected chi connectivity index (χ3v) is 6.28. The highest BCUT2D eigenvalue weighted by atomic mass is 16.5. The fourth-order valence-electron chi connectivity index (χ4n) is 4.41. The molecule has 3 heterocycles. The van der Waals surface area contributed by atoms with Crippen LogP contribution in [-0.4, -0.2) is 45.8 Å². The van der Waals surface area contributed by atoms with Crippen molar-refractivity contribution >= 4 is 16.7 Å². The Morgan fingerprint density at radius 2 is 1.97 bits per heavy atom. The Kier molecular flexibility index (Phi) is 6.12. The van der Waals surface area contributed by atoms with Gasteiger partial charge in [-0.05, 0) is 36.6 Å². The van der Waals surface area contributed by atoms with E-state index >= 15 is 0 Å². The second kappa shape index (κ2) is 9.51. The predicted molar refractivity (Wildman–Crippen MR) is 127 cm³/mol. The third-order valence-electron chi connectivity index (χ3n) is 6.28. The molecule has 1 aliphatic heterocycles. The first-order valence-electron chi connectivity index (χ1n) is 11.4. The maximum atomic E-state index is 13.0. The lowest BCUT2D eigenvalue weighted by Crippen LogP contribution is -2.42. The zero-order valence-corrected chi connectivity index (χ0v) is 19.0. The number of likely N-dealkylation sites (tertiary alicyclic amines) is 1. The first kappa shape index (κ1) is 21.9. The smallest absolute Gasteiger partial charge is 0.275 e. The van der Waals surface area contributed by atoms with E-state index < -0.39 is 0 Å². The standard InChI is InChI=1S/C26H26N4O4/c1-33-21-10-8-18(9-11-21)13-22-15-27-25(34-22)20-6-4-12-29(16-20)24(31)17-30-26(32)23-7-3-2-5-19(23)14-28-30/h2-3,5,7-11,14-15,20H,4,6,12-13,16-17H2,1H3/t20-/m1/s1. The van der Waals surface area contributed by atoms with Crippen molar-refractivity contribution in [3.8, 4) is 5.75 Å². The van der Waals surface area contributed by atoms with Crippen LogP contribution in [0, 0.1) is 0 Å². The van der Waals surface area contributed by atoms with E-state index in [9.17, 15) is 9.59 Å². The molecule has 0 unspecified atom stereocenters. The van der Waals surface area contributed by atoms with Crippen molar-refractivity contribution in [3.05, 3.63) is 88.5 Å². The third kappa shape index (κ3) is 4.57. The molecule has 0 aliphatic carbocycles. The van der Waals surface area contributed by atoms with Gasteiger partial charge in [-0.25, -0.2) is 9.67 Å². The number of oxazole rings is 1. The number of ether oxygens (including phenoxy) is 1. The molecule has 1 amide bonds. The van der Waals surface area contributed by atoms with Gasteiger partial charge in [0, 0.05) is 24.9 Å². The van der Waals surface area contributed by atoms with Crippen LogP contribution < -0.4 is 10.3 Å². The summed E-state index contributed by atoms with van der Waals surface area (Å²) in [4.78, 5) is 32.0. The fourth-order valence-corrected chi connectivity index (χ4v) is 4.41. The number of rotatable bonds is 6. The van der Waals surface area contributed by atoms with E-state index in [4.69, 9.17) is 9.15 Å². The second-order valence-electron chi connectivity index (χ2n) is 8.56. The molecule has 4 aromatic rings. The van der Waals surface area contributed by atoms with Crippen LogP contribution in [0.1, 0.15) is 36.0 Å². The number of hydrogen-bond donors (Lipinski definition) is 0. The number of benzene rings is 2. The number of carbonyl (C=O) groups excluding carboxylic acids is 1. The monoisotopic (exact) mass is 458 g/mol. The normalized spacial score (nSPS) is 16.0. The lowest BCUT2D eigenvalue weighted by molar-refractivity contribution is -0.133. The molecule has 0 radical (unpaired) electrons. The molecule has 1 atom stereocenters. The average Bonchev–Trinajstić information content (AvgIpc) is 3.35. The Hall–Kier alpha value is -3.94. The van der Waals surface area contributed by atoms with Crippen molar-refractivity contribution < 1.29 is 13.9 Å². The molecule has 34 heavy (non-hydrogen) atoms. The van der Waals surface area contributed by atoms with Crippen LogP contribution in [0.15, 0.2) is 70.1 Å². The van der Waals surface area contributed by atoms with Gasteiger partial charge in [0.05, 0.1) is 30.8 Å². The Labute approximate surface area is 196 Å². The zero-order valence-electron chi connectivity index (χ0n) is 19.0. The highest BCUT2D eigenvalue weighted by Crippen LogP contribution is 2.27. The molecular weight excluding hydrogens is 432 g/mol. The number of piperidine rings is 1. The lowest BCUT2D eigenvalue weighted by atomic mass is 9.98. The zero-order chi connectivity index (χ0) is 23.5. The molecule has 1 saturated heterocycles. The number of methoxy groups -OCH3 is 1. The van der Waals surface area contributed by atoms with E-state index in [0.29, 0.717) is 30.8 Å². The van der Waals surface area contributed by atoms with E-state index in [1.165, 1.54) is 4.68 Å². The van der Waals surface area contributed by atoms with Crippen molar-refractivity contribution in [2.75, 3.05) is 20.2 Å². The lowest BCUT2D eigenvalue weighted by Gasteiger charge is -2.31. The van der Waals surface area contributed by atoms with Crippen LogP contribution in [0.4, 0.5) is 0 Å². The number of nitrogens with zero attached hydrogens (tertiary/aromatic N) is 4. The molecule has 8 heteroatoms.